The van der Waals surface area contributed by atoms with Gasteiger partial charge in [0.15, 0.2) is 5.82 Å². The molecule has 0 N–H and O–H groups in total. The van der Waals surface area contributed by atoms with Gasteiger partial charge in [-0.1, -0.05) is 39.0 Å². The fraction of sp³-hybridized carbons (Fsp3) is 0.655. The number of ether oxygens (including phenoxy) is 3. The highest BCUT2D eigenvalue weighted by molar-refractivity contribution is 5.55. The third-order valence-corrected chi connectivity index (χ3v) is 6.50. The van der Waals surface area contributed by atoms with E-state index in [1.165, 1.54) is 32.1 Å². The lowest BCUT2D eigenvalue weighted by molar-refractivity contribution is -0.484. The van der Waals surface area contributed by atoms with Crippen LogP contribution < -0.4 is 4.74 Å². The van der Waals surface area contributed by atoms with Gasteiger partial charge in [0.2, 0.25) is 0 Å². The first-order valence-electron chi connectivity index (χ1n) is 14.3. The van der Waals surface area contributed by atoms with E-state index in [0.717, 1.165) is 24.0 Å². The highest BCUT2D eigenvalue weighted by atomic mass is 19.4. The summed E-state index contributed by atoms with van der Waals surface area (Å²) in [5.74, 6) is -13.6. The average molecular weight is 669 g/mol. The van der Waals surface area contributed by atoms with E-state index >= 15 is 0 Å². The second-order valence-corrected chi connectivity index (χ2v) is 10.3. The molecule has 1 heterocycles. The SMILES string of the molecule is CCCCCCCCc1cnc(-c2ccc(OCCCCCOCC(F)(F)OC(F)(F)C(F)(F)C(F)(F)C(F)(F)F)cc2)nc1. The molecule has 0 fully saturated rings. The predicted octanol–water partition coefficient (Wildman–Crippen LogP) is 9.65. The smallest absolute Gasteiger partial charge is 0.460 e. The van der Waals surface area contributed by atoms with Gasteiger partial charge in [0.25, 0.3) is 0 Å². The van der Waals surface area contributed by atoms with Crippen LogP contribution in [0.4, 0.5) is 48.3 Å². The maximum atomic E-state index is 13.5. The summed E-state index contributed by atoms with van der Waals surface area (Å²) in [6.45, 7) is -0.216. The van der Waals surface area contributed by atoms with Crippen LogP contribution in [0.1, 0.15) is 70.3 Å². The van der Waals surface area contributed by atoms with Crippen molar-refractivity contribution in [2.45, 2.75) is 101 Å². The highest BCUT2D eigenvalue weighted by Gasteiger charge is 2.83. The number of unbranched alkanes of at least 4 members (excludes halogenated alkanes) is 7. The van der Waals surface area contributed by atoms with Crippen molar-refractivity contribution in [2.24, 2.45) is 0 Å². The molecule has 2 aromatic rings. The first kappa shape index (κ1) is 38.4. The van der Waals surface area contributed by atoms with Crippen LogP contribution in [0.5, 0.6) is 5.75 Å². The summed E-state index contributed by atoms with van der Waals surface area (Å²) in [7, 11) is 0. The molecular formula is C29H35F11N2O3. The monoisotopic (exact) mass is 668 g/mol. The summed E-state index contributed by atoms with van der Waals surface area (Å²) in [5.41, 5.74) is 1.85. The zero-order valence-corrected chi connectivity index (χ0v) is 24.4. The van der Waals surface area contributed by atoms with Crippen molar-refractivity contribution in [3.63, 3.8) is 0 Å². The first-order chi connectivity index (χ1) is 20.9. The number of halogens is 11. The zero-order chi connectivity index (χ0) is 33.8. The number of hydrogen-bond donors (Lipinski definition) is 0. The molecule has 0 aliphatic heterocycles. The van der Waals surface area contributed by atoms with E-state index in [0.29, 0.717) is 24.4 Å². The first-order valence-corrected chi connectivity index (χ1v) is 14.3. The molecule has 0 aliphatic rings. The van der Waals surface area contributed by atoms with Gasteiger partial charge in [0, 0.05) is 24.6 Å². The van der Waals surface area contributed by atoms with Gasteiger partial charge in [-0.3, -0.25) is 0 Å². The molecule has 0 aliphatic carbocycles. The molecule has 0 bridgehead atoms. The third-order valence-electron chi connectivity index (χ3n) is 6.50. The average Bonchev–Trinajstić information content (AvgIpc) is 2.95. The minimum absolute atomic E-state index is 0.0727. The van der Waals surface area contributed by atoms with Crippen molar-refractivity contribution in [1.29, 1.82) is 0 Å². The molecule has 1 aromatic carbocycles. The quantitative estimate of drug-likeness (QED) is 0.0980. The molecule has 16 heteroatoms. The molecule has 0 amide bonds. The summed E-state index contributed by atoms with van der Waals surface area (Å²) in [5, 5.41) is 0. The Morgan fingerprint density at radius 3 is 1.80 bits per heavy atom. The van der Waals surface area contributed by atoms with Crippen LogP contribution in [0.15, 0.2) is 36.7 Å². The molecule has 0 radical (unpaired) electrons. The van der Waals surface area contributed by atoms with Crippen LogP contribution in [0.25, 0.3) is 11.4 Å². The predicted molar refractivity (Wildman–Crippen MR) is 142 cm³/mol. The van der Waals surface area contributed by atoms with Crippen molar-refractivity contribution < 1.29 is 62.5 Å². The lowest BCUT2D eigenvalue weighted by atomic mass is 10.1. The van der Waals surface area contributed by atoms with E-state index in [1.54, 1.807) is 24.3 Å². The van der Waals surface area contributed by atoms with Crippen LogP contribution in [-0.4, -0.2) is 60.0 Å². The van der Waals surface area contributed by atoms with E-state index in [1.807, 2.05) is 12.4 Å². The van der Waals surface area contributed by atoms with Gasteiger partial charge in [-0.25, -0.2) is 14.7 Å². The summed E-state index contributed by atoms with van der Waals surface area (Å²) >= 11 is 0. The molecule has 0 saturated carbocycles. The fourth-order valence-corrected chi connectivity index (χ4v) is 3.95. The fourth-order valence-electron chi connectivity index (χ4n) is 3.95. The summed E-state index contributed by atoms with van der Waals surface area (Å²) in [6.07, 6.45) is -6.78. The minimum atomic E-state index is -7.35. The molecule has 0 unspecified atom stereocenters. The molecule has 0 atom stereocenters. The summed E-state index contributed by atoms with van der Waals surface area (Å²) in [6, 6.07) is 6.96. The standard InChI is InChI=1S/C29H35F11N2O3/c1-2-3-4-5-6-8-11-21-18-41-24(42-19-21)22-12-14-23(15-13-22)44-17-10-7-9-16-43-20-25(30,31)45-29(39,40)27(34,35)26(32,33)28(36,37)38/h12-15,18-19H,2-11,16-17,20H2,1H3. The topological polar surface area (TPSA) is 53.5 Å². The number of benzene rings is 1. The van der Waals surface area contributed by atoms with Crippen molar-refractivity contribution >= 4 is 0 Å². The molecule has 256 valence electrons. The Balaban J connectivity index is 1.66. The molecule has 1 aromatic heterocycles. The lowest BCUT2D eigenvalue weighted by Crippen LogP contribution is -2.63. The Labute approximate surface area is 253 Å². The van der Waals surface area contributed by atoms with Gasteiger partial charge in [-0.05, 0) is 61.9 Å². The molecule has 0 spiro atoms. The molecule has 0 saturated heterocycles. The van der Waals surface area contributed by atoms with Crippen LogP contribution in [0, 0.1) is 0 Å². The highest BCUT2D eigenvalue weighted by Crippen LogP contribution is 2.54. The Morgan fingerprint density at radius 2 is 1.20 bits per heavy atom. The Morgan fingerprint density at radius 1 is 0.644 bits per heavy atom. The van der Waals surface area contributed by atoms with E-state index in [-0.39, 0.29) is 13.0 Å². The maximum Gasteiger partial charge on any atom is 0.460 e. The Hall–Kier alpha value is -2.75. The van der Waals surface area contributed by atoms with E-state index < -0.39 is 43.5 Å². The van der Waals surface area contributed by atoms with Crippen molar-refractivity contribution in [3.05, 3.63) is 42.2 Å². The number of hydrogen-bond acceptors (Lipinski definition) is 5. The molecule has 2 rings (SSSR count). The van der Waals surface area contributed by atoms with Crippen LogP contribution >= 0.6 is 0 Å². The zero-order valence-electron chi connectivity index (χ0n) is 24.4. The van der Waals surface area contributed by atoms with Gasteiger partial charge in [0.1, 0.15) is 12.4 Å². The van der Waals surface area contributed by atoms with Gasteiger partial charge in [0.05, 0.1) is 6.61 Å². The lowest BCUT2D eigenvalue weighted by Gasteiger charge is -2.34. The van der Waals surface area contributed by atoms with Crippen molar-refractivity contribution in [1.82, 2.24) is 9.97 Å². The molecule has 5 nitrogen and oxygen atoms in total. The van der Waals surface area contributed by atoms with Crippen molar-refractivity contribution in [2.75, 3.05) is 19.8 Å². The second kappa shape index (κ2) is 16.7. The molecule has 45 heavy (non-hydrogen) atoms. The van der Waals surface area contributed by atoms with E-state index in [4.69, 9.17) is 4.74 Å². The van der Waals surface area contributed by atoms with Gasteiger partial charge in [-0.2, -0.15) is 48.3 Å². The van der Waals surface area contributed by atoms with E-state index in [9.17, 15) is 48.3 Å². The number of nitrogens with zero attached hydrogens (tertiary/aromatic N) is 2. The third kappa shape index (κ3) is 11.5. The Bertz CT molecular complexity index is 1130. The van der Waals surface area contributed by atoms with Crippen LogP contribution in [0.3, 0.4) is 0 Å². The Kier molecular flexibility index (Phi) is 14.3. The maximum absolute atomic E-state index is 13.5. The number of rotatable bonds is 21. The number of alkyl halides is 11. The normalized spacial score (nSPS) is 13.3. The van der Waals surface area contributed by atoms with Crippen LogP contribution in [-0.2, 0) is 15.9 Å². The van der Waals surface area contributed by atoms with Crippen molar-refractivity contribution in [3.8, 4) is 17.1 Å². The van der Waals surface area contributed by atoms with Gasteiger partial charge >= 0.3 is 30.2 Å². The number of aromatic nitrogens is 2. The summed E-state index contributed by atoms with van der Waals surface area (Å²) < 4.78 is 154. The van der Waals surface area contributed by atoms with Gasteiger partial charge < -0.3 is 9.47 Å². The summed E-state index contributed by atoms with van der Waals surface area (Å²) in [4.78, 5) is 8.84. The van der Waals surface area contributed by atoms with Crippen LogP contribution in [0.2, 0.25) is 0 Å². The minimum Gasteiger partial charge on any atom is -0.494 e. The van der Waals surface area contributed by atoms with E-state index in [2.05, 4.69) is 26.4 Å². The van der Waals surface area contributed by atoms with Gasteiger partial charge in [-0.15, -0.1) is 0 Å². The molecular weight excluding hydrogens is 633 g/mol. The largest absolute Gasteiger partial charge is 0.494 e. The second-order valence-electron chi connectivity index (χ2n) is 10.3. The number of aryl methyl sites for hydroxylation is 1.